The maximum atomic E-state index is 13.9. The smallest absolute Gasteiger partial charge is 0.251 e. The van der Waals surface area contributed by atoms with Crippen molar-refractivity contribution in [3.63, 3.8) is 0 Å². The summed E-state index contributed by atoms with van der Waals surface area (Å²) < 4.78 is 18.7. The van der Waals surface area contributed by atoms with E-state index < -0.39 is 5.82 Å². The number of methoxy groups -OCH3 is 1. The molecule has 1 N–H and O–H groups in total. The Labute approximate surface area is 207 Å². The Morgan fingerprint density at radius 3 is 2.54 bits per heavy atom. The molecule has 0 atom stereocenters. The van der Waals surface area contributed by atoms with Crippen LogP contribution in [0, 0.1) is 12.7 Å². The highest BCUT2D eigenvalue weighted by atomic mass is 19.1. The molecule has 0 saturated heterocycles. The van der Waals surface area contributed by atoms with Gasteiger partial charge in [-0.05, 0) is 79.3 Å². The number of amides is 1. The van der Waals surface area contributed by atoms with Gasteiger partial charge in [-0.1, -0.05) is 44.2 Å². The molecular weight excluding hydrogens is 441 g/mol. The summed E-state index contributed by atoms with van der Waals surface area (Å²) in [4.78, 5) is 21.2. The van der Waals surface area contributed by atoms with Gasteiger partial charge in [-0.3, -0.25) is 9.78 Å². The lowest BCUT2D eigenvalue weighted by molar-refractivity contribution is 0.0950. The molecular formula is C29H34FN3O2. The number of pyridine rings is 2. The number of rotatable bonds is 8. The molecule has 0 aliphatic rings. The summed E-state index contributed by atoms with van der Waals surface area (Å²) in [6.07, 6.45) is 10.0. The van der Waals surface area contributed by atoms with Crippen molar-refractivity contribution in [2.24, 2.45) is 0 Å². The molecule has 0 radical (unpaired) electrons. The molecule has 0 fully saturated rings. The van der Waals surface area contributed by atoms with Crippen molar-refractivity contribution in [3.05, 3.63) is 106 Å². The van der Waals surface area contributed by atoms with E-state index in [2.05, 4.69) is 21.4 Å². The van der Waals surface area contributed by atoms with Gasteiger partial charge in [0.15, 0.2) is 5.82 Å². The third-order valence-corrected chi connectivity index (χ3v) is 5.37. The molecule has 0 aliphatic heterocycles. The minimum absolute atomic E-state index is 0.0693. The number of hydrogen-bond acceptors (Lipinski definition) is 4. The van der Waals surface area contributed by atoms with Crippen LogP contribution in [0.3, 0.4) is 0 Å². The molecule has 3 aromatic rings. The van der Waals surface area contributed by atoms with Crippen LogP contribution >= 0.6 is 0 Å². The molecule has 1 aromatic carbocycles. The van der Waals surface area contributed by atoms with Crippen molar-refractivity contribution in [2.45, 2.75) is 47.6 Å². The molecule has 35 heavy (non-hydrogen) atoms. The van der Waals surface area contributed by atoms with E-state index in [0.717, 1.165) is 28.0 Å². The molecule has 0 aliphatic carbocycles. The van der Waals surface area contributed by atoms with Gasteiger partial charge in [0, 0.05) is 24.5 Å². The maximum absolute atomic E-state index is 13.9. The summed E-state index contributed by atoms with van der Waals surface area (Å²) in [7, 11) is 1.36. The molecule has 0 unspecified atom stereocenters. The van der Waals surface area contributed by atoms with Gasteiger partial charge in [-0.2, -0.15) is 0 Å². The van der Waals surface area contributed by atoms with E-state index >= 15 is 0 Å². The van der Waals surface area contributed by atoms with E-state index in [1.165, 1.54) is 19.4 Å². The standard InChI is InChI=1S/C27H28FN3O2.C2H6/c1-5-8-21(6-2)25-15-19(11-12-29-25)13-22-9-7-10-23(18(22)3)26(32)30-16-20-14-24(28)27(33-4)31-17-20;1-2/h5-12,14-15,17H,13,16H2,1-4H3,(H,30,32);1-2H3/b8-5-,21-6+;. The lowest BCUT2D eigenvalue weighted by Crippen LogP contribution is -2.24. The summed E-state index contributed by atoms with van der Waals surface area (Å²) >= 11 is 0. The number of allylic oxidation sites excluding steroid dienone is 4. The van der Waals surface area contributed by atoms with Gasteiger partial charge in [-0.15, -0.1) is 0 Å². The number of nitrogens with one attached hydrogen (secondary N) is 1. The predicted octanol–water partition coefficient (Wildman–Crippen LogP) is 6.46. The first-order valence-electron chi connectivity index (χ1n) is 11.8. The number of aromatic nitrogens is 2. The fraction of sp³-hybridized carbons (Fsp3) is 0.276. The summed E-state index contributed by atoms with van der Waals surface area (Å²) in [5.41, 5.74) is 6.21. The van der Waals surface area contributed by atoms with E-state index in [-0.39, 0.29) is 18.3 Å². The van der Waals surface area contributed by atoms with Crippen molar-refractivity contribution in [1.82, 2.24) is 15.3 Å². The quantitative estimate of drug-likeness (QED) is 0.380. The molecule has 2 aromatic heterocycles. The number of ether oxygens (including phenoxy) is 1. The monoisotopic (exact) mass is 475 g/mol. The topological polar surface area (TPSA) is 64.1 Å². The van der Waals surface area contributed by atoms with Crippen LogP contribution in [0.2, 0.25) is 0 Å². The van der Waals surface area contributed by atoms with Crippen molar-refractivity contribution < 1.29 is 13.9 Å². The zero-order chi connectivity index (χ0) is 25.8. The molecule has 5 nitrogen and oxygen atoms in total. The van der Waals surface area contributed by atoms with Crippen molar-refractivity contribution in [3.8, 4) is 5.88 Å². The Morgan fingerprint density at radius 1 is 1.11 bits per heavy atom. The minimum Gasteiger partial charge on any atom is -0.479 e. The lowest BCUT2D eigenvalue weighted by Gasteiger charge is -2.13. The molecule has 0 spiro atoms. The zero-order valence-corrected chi connectivity index (χ0v) is 21.4. The van der Waals surface area contributed by atoms with E-state index in [1.807, 2.05) is 77.2 Å². The Hall–Kier alpha value is -3.80. The van der Waals surface area contributed by atoms with Gasteiger partial charge < -0.3 is 10.1 Å². The van der Waals surface area contributed by atoms with Crippen molar-refractivity contribution >= 4 is 11.5 Å². The van der Waals surface area contributed by atoms with Crippen LogP contribution in [0.15, 0.2) is 67.0 Å². The second-order valence-electron chi connectivity index (χ2n) is 7.58. The Bertz CT molecular complexity index is 1200. The Balaban J connectivity index is 0.00000210. The largest absolute Gasteiger partial charge is 0.479 e. The first-order valence-corrected chi connectivity index (χ1v) is 11.8. The highest BCUT2D eigenvalue weighted by Gasteiger charge is 2.13. The maximum Gasteiger partial charge on any atom is 0.251 e. The average Bonchev–Trinajstić information content (AvgIpc) is 2.88. The van der Waals surface area contributed by atoms with Crippen LogP contribution in [0.5, 0.6) is 5.88 Å². The van der Waals surface area contributed by atoms with Gasteiger partial charge in [0.05, 0.1) is 12.8 Å². The van der Waals surface area contributed by atoms with E-state index in [4.69, 9.17) is 4.74 Å². The first kappa shape index (κ1) is 27.4. The average molecular weight is 476 g/mol. The fourth-order valence-electron chi connectivity index (χ4n) is 3.58. The molecule has 6 heteroatoms. The molecule has 0 saturated carbocycles. The number of halogens is 1. The van der Waals surface area contributed by atoms with Crippen LogP contribution in [0.4, 0.5) is 4.39 Å². The van der Waals surface area contributed by atoms with Crippen molar-refractivity contribution in [1.29, 1.82) is 0 Å². The highest BCUT2D eigenvalue weighted by molar-refractivity contribution is 5.95. The SMILES string of the molecule is C/C=C\C(=C/C)c1cc(Cc2cccc(C(=O)NCc3cnc(OC)c(F)c3)c2C)ccn1.CC. The summed E-state index contributed by atoms with van der Waals surface area (Å²) in [5, 5.41) is 2.85. The fourth-order valence-corrected chi connectivity index (χ4v) is 3.58. The molecule has 184 valence electrons. The van der Waals surface area contributed by atoms with Crippen LogP contribution in [-0.2, 0) is 13.0 Å². The van der Waals surface area contributed by atoms with Crippen LogP contribution in [0.25, 0.3) is 5.57 Å². The number of benzene rings is 1. The second kappa shape index (κ2) is 13.8. The van der Waals surface area contributed by atoms with Gasteiger partial charge in [-0.25, -0.2) is 9.37 Å². The molecule has 1 amide bonds. The third-order valence-electron chi connectivity index (χ3n) is 5.37. The van der Waals surface area contributed by atoms with Gasteiger partial charge in [0.2, 0.25) is 5.88 Å². The zero-order valence-electron chi connectivity index (χ0n) is 21.4. The normalized spacial score (nSPS) is 11.1. The van der Waals surface area contributed by atoms with Gasteiger partial charge >= 0.3 is 0 Å². The van der Waals surface area contributed by atoms with E-state index in [0.29, 0.717) is 17.5 Å². The summed E-state index contributed by atoms with van der Waals surface area (Å²) in [6, 6.07) is 11.1. The van der Waals surface area contributed by atoms with Gasteiger partial charge in [0.25, 0.3) is 5.91 Å². The summed E-state index contributed by atoms with van der Waals surface area (Å²) in [6.45, 7) is 10.1. The third kappa shape index (κ3) is 7.34. The minimum atomic E-state index is -0.561. The van der Waals surface area contributed by atoms with E-state index in [1.54, 1.807) is 6.07 Å². The highest BCUT2D eigenvalue weighted by Crippen LogP contribution is 2.21. The summed E-state index contributed by atoms with van der Waals surface area (Å²) in [5.74, 6) is -0.847. The van der Waals surface area contributed by atoms with Crippen LogP contribution in [-0.4, -0.2) is 23.0 Å². The Morgan fingerprint density at radius 2 is 1.89 bits per heavy atom. The Kier molecular flexibility index (Phi) is 10.8. The van der Waals surface area contributed by atoms with Gasteiger partial charge in [0.1, 0.15) is 0 Å². The number of carbonyl (C=O) groups is 1. The second-order valence-corrected chi connectivity index (χ2v) is 7.58. The molecule has 2 heterocycles. The number of carbonyl (C=O) groups excluding carboxylic acids is 1. The lowest BCUT2D eigenvalue weighted by atomic mass is 9.96. The van der Waals surface area contributed by atoms with E-state index in [9.17, 15) is 9.18 Å². The first-order chi connectivity index (χ1) is 17.0. The van der Waals surface area contributed by atoms with Crippen molar-refractivity contribution in [2.75, 3.05) is 7.11 Å². The van der Waals surface area contributed by atoms with Crippen LogP contribution < -0.4 is 10.1 Å². The van der Waals surface area contributed by atoms with Crippen LogP contribution in [0.1, 0.15) is 66.0 Å². The number of hydrogen-bond donors (Lipinski definition) is 1. The number of nitrogens with zero attached hydrogens (tertiary/aromatic N) is 2. The molecule has 0 bridgehead atoms. The predicted molar refractivity (Wildman–Crippen MR) is 140 cm³/mol. The molecule has 3 rings (SSSR count).